The van der Waals surface area contributed by atoms with E-state index >= 15 is 0 Å². The number of carbonyl (C=O) groups is 1. The van der Waals surface area contributed by atoms with Crippen LogP contribution in [0, 0.1) is 11.6 Å². The molecule has 0 bridgehead atoms. The SMILES string of the molecule is NC1=NC(N)(c2cccc(Cl)c2)NN1C(=O)c1c(F)cccc1F. The minimum absolute atomic E-state index is 0.329. The summed E-state index contributed by atoms with van der Waals surface area (Å²) in [5.41, 5.74) is 14.0. The first-order valence-corrected chi connectivity index (χ1v) is 7.16. The fourth-order valence-corrected chi connectivity index (χ4v) is 2.50. The van der Waals surface area contributed by atoms with Crippen molar-refractivity contribution in [2.75, 3.05) is 0 Å². The van der Waals surface area contributed by atoms with Gasteiger partial charge in [-0.1, -0.05) is 29.8 Å². The largest absolute Gasteiger partial charge is 0.368 e. The van der Waals surface area contributed by atoms with Gasteiger partial charge in [-0.2, -0.15) is 5.43 Å². The van der Waals surface area contributed by atoms with E-state index in [-0.39, 0.29) is 5.96 Å². The Morgan fingerprint density at radius 3 is 2.46 bits per heavy atom. The predicted octanol–water partition coefficient (Wildman–Crippen LogP) is 1.66. The van der Waals surface area contributed by atoms with Crippen molar-refractivity contribution in [1.29, 1.82) is 0 Å². The topological polar surface area (TPSA) is 96.7 Å². The molecule has 1 atom stereocenters. The Kier molecular flexibility index (Phi) is 3.96. The fourth-order valence-electron chi connectivity index (χ4n) is 2.31. The maximum atomic E-state index is 13.8. The molecule has 0 aromatic heterocycles. The molecule has 0 fully saturated rings. The minimum Gasteiger partial charge on any atom is -0.368 e. The van der Waals surface area contributed by atoms with Gasteiger partial charge in [-0.15, -0.1) is 0 Å². The van der Waals surface area contributed by atoms with Crippen molar-refractivity contribution in [2.24, 2.45) is 16.5 Å². The molecular weight excluding hydrogens is 340 g/mol. The highest BCUT2D eigenvalue weighted by molar-refractivity contribution is 6.30. The monoisotopic (exact) mass is 351 g/mol. The van der Waals surface area contributed by atoms with E-state index in [2.05, 4.69) is 10.4 Å². The number of hydrogen-bond donors (Lipinski definition) is 3. The number of nitrogens with zero attached hydrogens (tertiary/aromatic N) is 2. The second-order valence-electron chi connectivity index (χ2n) is 5.10. The molecule has 2 aromatic rings. The Bertz CT molecular complexity index is 839. The van der Waals surface area contributed by atoms with Crippen molar-refractivity contribution >= 4 is 23.5 Å². The first kappa shape index (κ1) is 16.3. The lowest BCUT2D eigenvalue weighted by Gasteiger charge is -2.25. The molecule has 1 heterocycles. The number of guanidine groups is 1. The highest BCUT2D eigenvalue weighted by Gasteiger charge is 2.40. The second-order valence-corrected chi connectivity index (χ2v) is 5.53. The normalized spacial score (nSPS) is 20.2. The van der Waals surface area contributed by atoms with Gasteiger partial charge in [0.1, 0.15) is 17.2 Å². The number of nitrogens with two attached hydrogens (primary N) is 2. The highest BCUT2D eigenvalue weighted by Crippen LogP contribution is 2.26. The Labute approximate surface area is 140 Å². The lowest BCUT2D eigenvalue weighted by atomic mass is 10.1. The lowest BCUT2D eigenvalue weighted by Crippen LogP contribution is -2.55. The highest BCUT2D eigenvalue weighted by atomic mass is 35.5. The first-order chi connectivity index (χ1) is 11.3. The molecule has 9 heteroatoms. The third-order valence-corrected chi connectivity index (χ3v) is 3.68. The lowest BCUT2D eigenvalue weighted by molar-refractivity contribution is 0.0743. The van der Waals surface area contributed by atoms with Crippen LogP contribution in [0.15, 0.2) is 47.5 Å². The van der Waals surface area contributed by atoms with Crippen LogP contribution in [0.5, 0.6) is 0 Å². The maximum Gasteiger partial charge on any atom is 0.281 e. The molecule has 0 saturated carbocycles. The molecule has 1 amide bonds. The van der Waals surface area contributed by atoms with E-state index in [1.165, 1.54) is 6.07 Å². The molecule has 0 saturated heterocycles. The number of nitrogens with one attached hydrogen (secondary N) is 1. The zero-order chi connectivity index (χ0) is 17.5. The van der Waals surface area contributed by atoms with E-state index in [1.807, 2.05) is 0 Å². The molecule has 6 nitrogen and oxygen atoms in total. The zero-order valence-electron chi connectivity index (χ0n) is 12.1. The Morgan fingerprint density at radius 2 is 1.83 bits per heavy atom. The number of amides is 1. The molecule has 1 unspecified atom stereocenters. The third-order valence-electron chi connectivity index (χ3n) is 3.45. The van der Waals surface area contributed by atoms with Gasteiger partial charge in [-0.25, -0.2) is 18.8 Å². The van der Waals surface area contributed by atoms with Gasteiger partial charge in [-0.3, -0.25) is 10.5 Å². The number of halogens is 3. The number of hydrazine groups is 1. The van der Waals surface area contributed by atoms with Crippen molar-refractivity contribution in [3.05, 3.63) is 70.2 Å². The summed E-state index contributed by atoms with van der Waals surface area (Å²) in [5, 5.41) is 1.10. The number of carbonyl (C=O) groups excluding carboxylic acids is 1. The fraction of sp³-hybridized carbons (Fsp3) is 0.0667. The van der Waals surface area contributed by atoms with Crippen LogP contribution >= 0.6 is 11.6 Å². The number of benzene rings is 2. The van der Waals surface area contributed by atoms with Gasteiger partial charge in [0.25, 0.3) is 5.91 Å². The average Bonchev–Trinajstić information content (AvgIpc) is 2.83. The summed E-state index contributed by atoms with van der Waals surface area (Å²) in [6, 6.07) is 9.50. The molecule has 124 valence electrons. The second kappa shape index (κ2) is 5.82. The molecule has 1 aliphatic rings. The number of rotatable bonds is 2. The summed E-state index contributed by atoms with van der Waals surface area (Å²) in [5.74, 6) is -5.02. The predicted molar refractivity (Wildman–Crippen MR) is 84.6 cm³/mol. The van der Waals surface area contributed by atoms with Gasteiger partial charge in [0.05, 0.1) is 0 Å². The van der Waals surface area contributed by atoms with Gasteiger partial charge in [0, 0.05) is 10.6 Å². The summed E-state index contributed by atoms with van der Waals surface area (Å²) in [6.45, 7) is 0. The van der Waals surface area contributed by atoms with Crippen LogP contribution < -0.4 is 16.9 Å². The molecule has 0 spiro atoms. The van der Waals surface area contributed by atoms with Crippen molar-refractivity contribution < 1.29 is 13.6 Å². The van der Waals surface area contributed by atoms with Crippen LogP contribution in [-0.4, -0.2) is 16.9 Å². The summed E-state index contributed by atoms with van der Waals surface area (Å²) >= 11 is 5.92. The molecule has 2 aromatic carbocycles. The third kappa shape index (κ3) is 2.71. The molecule has 5 N–H and O–H groups in total. The van der Waals surface area contributed by atoms with Gasteiger partial charge in [-0.05, 0) is 24.3 Å². The van der Waals surface area contributed by atoms with Crippen LogP contribution in [0.25, 0.3) is 0 Å². The van der Waals surface area contributed by atoms with Gasteiger partial charge in [0.15, 0.2) is 0 Å². The maximum absolute atomic E-state index is 13.8. The Morgan fingerprint density at radius 1 is 1.21 bits per heavy atom. The van der Waals surface area contributed by atoms with Crippen LogP contribution in [0.2, 0.25) is 5.02 Å². The summed E-state index contributed by atoms with van der Waals surface area (Å²) in [4.78, 5) is 16.4. The van der Waals surface area contributed by atoms with E-state index in [0.717, 1.165) is 18.2 Å². The van der Waals surface area contributed by atoms with E-state index in [4.69, 9.17) is 23.1 Å². The minimum atomic E-state index is -1.59. The van der Waals surface area contributed by atoms with E-state index in [9.17, 15) is 13.6 Å². The molecule has 1 aliphatic heterocycles. The smallest absolute Gasteiger partial charge is 0.281 e. The van der Waals surface area contributed by atoms with Gasteiger partial charge < -0.3 is 5.73 Å². The Hall–Kier alpha value is -2.55. The van der Waals surface area contributed by atoms with Crippen LogP contribution in [-0.2, 0) is 5.79 Å². The van der Waals surface area contributed by atoms with Crippen molar-refractivity contribution in [3.8, 4) is 0 Å². The molecule has 24 heavy (non-hydrogen) atoms. The number of hydrogen-bond acceptors (Lipinski definition) is 5. The molecule has 0 radical (unpaired) electrons. The summed E-state index contributed by atoms with van der Waals surface area (Å²) in [7, 11) is 0. The van der Waals surface area contributed by atoms with E-state index in [1.54, 1.807) is 18.2 Å². The van der Waals surface area contributed by atoms with Gasteiger partial charge >= 0.3 is 0 Å². The van der Waals surface area contributed by atoms with Crippen LogP contribution in [0.4, 0.5) is 8.78 Å². The van der Waals surface area contributed by atoms with E-state index < -0.39 is 28.9 Å². The van der Waals surface area contributed by atoms with Crippen molar-refractivity contribution in [1.82, 2.24) is 10.4 Å². The average molecular weight is 352 g/mol. The van der Waals surface area contributed by atoms with Gasteiger partial charge in [0.2, 0.25) is 11.7 Å². The van der Waals surface area contributed by atoms with Crippen LogP contribution in [0.3, 0.4) is 0 Å². The standard InChI is InChI=1S/C15H12ClF2N5O/c16-9-4-1-3-8(7-9)15(20)21-14(19)23(22-15)13(24)12-10(17)5-2-6-11(12)18/h1-7,22H,20H2,(H2,19,21). The number of aliphatic imine (C=N–C) groups is 1. The molecule has 0 aliphatic carbocycles. The van der Waals surface area contributed by atoms with Crippen LogP contribution in [0.1, 0.15) is 15.9 Å². The van der Waals surface area contributed by atoms with Crippen molar-refractivity contribution in [2.45, 2.75) is 5.79 Å². The summed E-state index contributed by atoms with van der Waals surface area (Å²) in [6.07, 6.45) is 0. The van der Waals surface area contributed by atoms with Crippen molar-refractivity contribution in [3.63, 3.8) is 0 Å². The summed E-state index contributed by atoms with van der Waals surface area (Å²) < 4.78 is 27.6. The zero-order valence-corrected chi connectivity index (χ0v) is 12.9. The Balaban J connectivity index is 1.96. The molecular formula is C15H12ClF2N5O. The first-order valence-electron chi connectivity index (χ1n) is 6.78. The molecule has 3 rings (SSSR count). The van der Waals surface area contributed by atoms with E-state index in [0.29, 0.717) is 15.6 Å². The quantitative estimate of drug-likeness (QED) is 0.766.